The number of hydrogen-bond donors (Lipinski definition) is 2. The highest BCUT2D eigenvalue weighted by atomic mass is 79.9. The molecule has 0 saturated carbocycles. The first kappa shape index (κ1) is 17.3. The lowest BCUT2D eigenvalue weighted by atomic mass is 10.2. The van der Waals surface area contributed by atoms with Crippen LogP contribution in [0.1, 0.15) is 18.1 Å². The summed E-state index contributed by atoms with van der Waals surface area (Å²) in [7, 11) is 0. The molecule has 0 heterocycles. The molecule has 0 aliphatic rings. The van der Waals surface area contributed by atoms with E-state index in [1.165, 1.54) is 5.56 Å². The third kappa shape index (κ3) is 5.60. The molecule has 0 fully saturated rings. The van der Waals surface area contributed by atoms with Gasteiger partial charge in [0.05, 0.1) is 6.54 Å². The minimum Gasteiger partial charge on any atom is -0.492 e. The second-order valence-electron chi connectivity index (χ2n) is 5.19. The number of rotatable bonds is 6. The van der Waals surface area contributed by atoms with E-state index in [2.05, 4.69) is 39.6 Å². The average Bonchev–Trinajstić information content (AvgIpc) is 2.54. The van der Waals surface area contributed by atoms with Crippen molar-refractivity contribution in [3.05, 3.63) is 58.1 Å². The van der Waals surface area contributed by atoms with Crippen molar-refractivity contribution in [2.45, 2.75) is 20.3 Å². The van der Waals surface area contributed by atoms with Gasteiger partial charge in [0.1, 0.15) is 12.4 Å². The Morgan fingerprint density at radius 1 is 1.22 bits per heavy atom. The lowest BCUT2D eigenvalue weighted by molar-refractivity contribution is 0.247. The maximum atomic E-state index is 11.9. The van der Waals surface area contributed by atoms with Crippen molar-refractivity contribution in [1.29, 1.82) is 0 Å². The summed E-state index contributed by atoms with van der Waals surface area (Å²) >= 11 is 3.40. The van der Waals surface area contributed by atoms with Gasteiger partial charge in [0.15, 0.2) is 0 Å². The molecule has 0 radical (unpaired) electrons. The minimum atomic E-state index is -0.235. The van der Waals surface area contributed by atoms with Crippen LogP contribution in [0.5, 0.6) is 5.75 Å². The minimum absolute atomic E-state index is 0.235. The van der Waals surface area contributed by atoms with Crippen molar-refractivity contribution in [1.82, 2.24) is 5.32 Å². The molecule has 0 bridgehead atoms. The Labute approximate surface area is 145 Å². The monoisotopic (exact) mass is 376 g/mol. The number of benzene rings is 2. The highest BCUT2D eigenvalue weighted by Gasteiger charge is 2.04. The molecule has 23 heavy (non-hydrogen) atoms. The standard InChI is InChI=1S/C18H21BrN2O2/c1-3-14-5-4-6-16(12-14)23-10-9-20-18(22)21-17-8-7-15(19)11-13(17)2/h4-8,11-12H,3,9-10H2,1-2H3,(H2,20,21,22). The maximum absolute atomic E-state index is 11.9. The van der Waals surface area contributed by atoms with Crippen LogP contribution in [-0.2, 0) is 6.42 Å². The summed E-state index contributed by atoms with van der Waals surface area (Å²) in [4.78, 5) is 11.9. The first-order chi connectivity index (χ1) is 11.1. The van der Waals surface area contributed by atoms with Crippen LogP contribution in [-0.4, -0.2) is 19.2 Å². The fourth-order valence-electron chi connectivity index (χ4n) is 2.12. The van der Waals surface area contributed by atoms with Crippen LogP contribution in [0.25, 0.3) is 0 Å². The smallest absolute Gasteiger partial charge is 0.319 e. The van der Waals surface area contributed by atoms with Crippen LogP contribution in [0.2, 0.25) is 0 Å². The predicted octanol–water partition coefficient (Wildman–Crippen LogP) is 4.52. The Morgan fingerprint density at radius 3 is 2.78 bits per heavy atom. The molecule has 0 atom stereocenters. The molecule has 5 heteroatoms. The van der Waals surface area contributed by atoms with Gasteiger partial charge in [-0.05, 0) is 54.8 Å². The van der Waals surface area contributed by atoms with E-state index >= 15 is 0 Å². The third-order valence-electron chi connectivity index (χ3n) is 3.40. The second-order valence-corrected chi connectivity index (χ2v) is 6.11. The van der Waals surface area contributed by atoms with Gasteiger partial charge in [0.2, 0.25) is 0 Å². The highest BCUT2D eigenvalue weighted by Crippen LogP contribution is 2.19. The average molecular weight is 377 g/mol. The molecule has 0 aliphatic heterocycles. The van der Waals surface area contributed by atoms with Crippen molar-refractivity contribution >= 4 is 27.6 Å². The molecule has 2 rings (SSSR count). The van der Waals surface area contributed by atoms with Crippen molar-refractivity contribution < 1.29 is 9.53 Å². The molecule has 0 aliphatic carbocycles. The van der Waals surface area contributed by atoms with Gasteiger partial charge in [-0.1, -0.05) is 35.0 Å². The summed E-state index contributed by atoms with van der Waals surface area (Å²) in [6.07, 6.45) is 0.977. The number of halogens is 1. The molecule has 2 amide bonds. The van der Waals surface area contributed by atoms with E-state index < -0.39 is 0 Å². The van der Waals surface area contributed by atoms with Gasteiger partial charge in [0.25, 0.3) is 0 Å². The van der Waals surface area contributed by atoms with Crippen molar-refractivity contribution in [2.75, 3.05) is 18.5 Å². The SMILES string of the molecule is CCc1cccc(OCCNC(=O)Nc2ccc(Br)cc2C)c1. The number of carbonyl (C=O) groups excluding carboxylic acids is 1. The number of anilines is 1. The summed E-state index contributed by atoms with van der Waals surface area (Å²) < 4.78 is 6.63. The van der Waals surface area contributed by atoms with Crippen molar-refractivity contribution in [3.8, 4) is 5.75 Å². The number of carbonyl (C=O) groups is 1. The third-order valence-corrected chi connectivity index (χ3v) is 3.89. The number of urea groups is 1. The molecule has 4 nitrogen and oxygen atoms in total. The molecular weight excluding hydrogens is 356 g/mol. The van der Waals surface area contributed by atoms with E-state index in [9.17, 15) is 4.79 Å². The normalized spacial score (nSPS) is 10.2. The van der Waals surface area contributed by atoms with E-state index in [0.29, 0.717) is 13.2 Å². The van der Waals surface area contributed by atoms with Crippen LogP contribution in [0, 0.1) is 6.92 Å². The van der Waals surface area contributed by atoms with Gasteiger partial charge in [-0.3, -0.25) is 0 Å². The summed E-state index contributed by atoms with van der Waals surface area (Å²) in [5.74, 6) is 0.829. The van der Waals surface area contributed by atoms with Gasteiger partial charge in [-0.15, -0.1) is 0 Å². The van der Waals surface area contributed by atoms with Crippen molar-refractivity contribution in [2.24, 2.45) is 0 Å². The topological polar surface area (TPSA) is 50.4 Å². The highest BCUT2D eigenvalue weighted by molar-refractivity contribution is 9.10. The first-order valence-corrected chi connectivity index (χ1v) is 8.40. The zero-order valence-electron chi connectivity index (χ0n) is 13.4. The van der Waals surface area contributed by atoms with Crippen molar-refractivity contribution in [3.63, 3.8) is 0 Å². The van der Waals surface area contributed by atoms with Gasteiger partial charge in [-0.2, -0.15) is 0 Å². The Balaban J connectivity index is 1.74. The quantitative estimate of drug-likeness (QED) is 0.728. The number of ether oxygens (including phenoxy) is 1. The van der Waals surface area contributed by atoms with E-state index in [1.54, 1.807) is 0 Å². The molecule has 0 spiro atoms. The molecule has 2 N–H and O–H groups in total. The Kier molecular flexibility index (Phi) is 6.47. The molecule has 122 valence electrons. The zero-order chi connectivity index (χ0) is 16.7. The van der Waals surface area contributed by atoms with Crippen LogP contribution in [0.3, 0.4) is 0 Å². The van der Waals surface area contributed by atoms with Crippen LogP contribution >= 0.6 is 15.9 Å². The van der Waals surface area contributed by atoms with E-state index in [-0.39, 0.29) is 6.03 Å². The zero-order valence-corrected chi connectivity index (χ0v) is 14.9. The molecule has 2 aromatic carbocycles. The predicted molar refractivity (Wildman–Crippen MR) is 97.2 cm³/mol. The van der Waals surface area contributed by atoms with Crippen LogP contribution in [0.4, 0.5) is 10.5 Å². The van der Waals surface area contributed by atoms with Gasteiger partial charge >= 0.3 is 6.03 Å². The molecule has 0 aromatic heterocycles. The summed E-state index contributed by atoms with van der Waals surface area (Å²) in [6.45, 7) is 4.93. The lowest BCUT2D eigenvalue weighted by Crippen LogP contribution is -2.32. The molecule has 2 aromatic rings. The number of aryl methyl sites for hydroxylation is 2. The van der Waals surface area contributed by atoms with Crippen LogP contribution < -0.4 is 15.4 Å². The second kappa shape index (κ2) is 8.58. The largest absolute Gasteiger partial charge is 0.492 e. The molecule has 0 saturated heterocycles. The fourth-order valence-corrected chi connectivity index (χ4v) is 2.60. The van der Waals surface area contributed by atoms with Gasteiger partial charge in [-0.25, -0.2) is 4.79 Å². The number of amides is 2. The van der Waals surface area contributed by atoms with Crippen LogP contribution in [0.15, 0.2) is 46.9 Å². The summed E-state index contributed by atoms with van der Waals surface area (Å²) in [5.41, 5.74) is 3.03. The number of nitrogens with one attached hydrogen (secondary N) is 2. The fraction of sp³-hybridized carbons (Fsp3) is 0.278. The van der Waals surface area contributed by atoms with Gasteiger partial charge in [0, 0.05) is 10.2 Å². The summed E-state index contributed by atoms with van der Waals surface area (Å²) in [5, 5.41) is 5.61. The van der Waals surface area contributed by atoms with E-state index in [0.717, 1.165) is 27.9 Å². The molecule has 0 unspecified atom stereocenters. The maximum Gasteiger partial charge on any atom is 0.319 e. The van der Waals surface area contributed by atoms with Gasteiger partial charge < -0.3 is 15.4 Å². The summed E-state index contributed by atoms with van der Waals surface area (Å²) in [6, 6.07) is 13.5. The Bertz CT molecular complexity index is 674. The lowest BCUT2D eigenvalue weighted by Gasteiger charge is -2.11. The Morgan fingerprint density at radius 2 is 2.04 bits per heavy atom. The van der Waals surface area contributed by atoms with E-state index in [4.69, 9.17) is 4.74 Å². The molecular formula is C18H21BrN2O2. The first-order valence-electron chi connectivity index (χ1n) is 7.61. The number of hydrogen-bond acceptors (Lipinski definition) is 2. The Hall–Kier alpha value is -2.01. The van der Waals surface area contributed by atoms with E-state index in [1.807, 2.05) is 43.3 Å².